The third-order valence-electron chi connectivity index (χ3n) is 4.87. The van der Waals surface area contributed by atoms with Crippen molar-refractivity contribution in [3.8, 4) is 22.9 Å². The van der Waals surface area contributed by atoms with Crippen LogP contribution >= 0.6 is 15.9 Å². The van der Waals surface area contributed by atoms with Gasteiger partial charge in [-0.05, 0) is 37.1 Å². The third-order valence-corrected chi connectivity index (χ3v) is 6.84. The Balaban J connectivity index is 2.20. The SMILES string of the molecule is CN=CC(=CN)S(=O)(=O)Nc1nc(Oc2cccc(Br)c2C(F)(F)F)cc(-c2c(C)cccc2C)n1. The first-order valence-electron chi connectivity index (χ1n) is 10.2. The molecule has 0 saturated heterocycles. The van der Waals surface area contributed by atoms with Gasteiger partial charge in [0, 0.05) is 35.6 Å². The molecule has 3 aromatic rings. The van der Waals surface area contributed by atoms with Crippen LogP contribution in [-0.4, -0.2) is 31.6 Å². The number of nitrogens with two attached hydrogens (primary N) is 1. The predicted octanol–water partition coefficient (Wildman–Crippen LogP) is 5.58. The van der Waals surface area contributed by atoms with Crippen molar-refractivity contribution in [1.82, 2.24) is 9.97 Å². The lowest BCUT2D eigenvalue weighted by Crippen LogP contribution is -2.19. The van der Waals surface area contributed by atoms with E-state index in [0.29, 0.717) is 5.56 Å². The van der Waals surface area contributed by atoms with Gasteiger partial charge in [0.05, 0.1) is 5.69 Å². The van der Waals surface area contributed by atoms with Crippen molar-refractivity contribution >= 4 is 38.1 Å². The van der Waals surface area contributed by atoms with E-state index in [1.54, 1.807) is 0 Å². The van der Waals surface area contributed by atoms with Crippen molar-refractivity contribution in [3.05, 3.63) is 74.7 Å². The van der Waals surface area contributed by atoms with E-state index in [4.69, 9.17) is 10.5 Å². The van der Waals surface area contributed by atoms with Crippen LogP contribution in [0.15, 0.2) is 63.0 Å². The van der Waals surface area contributed by atoms with Crippen molar-refractivity contribution in [1.29, 1.82) is 0 Å². The average molecular weight is 584 g/mol. The molecular weight excluding hydrogens is 563 g/mol. The summed E-state index contributed by atoms with van der Waals surface area (Å²) in [6, 6.07) is 10.5. The van der Waals surface area contributed by atoms with Crippen molar-refractivity contribution < 1.29 is 26.3 Å². The van der Waals surface area contributed by atoms with E-state index < -0.39 is 33.5 Å². The number of sulfonamides is 1. The minimum Gasteiger partial charge on any atom is -0.438 e. The molecule has 13 heteroatoms. The fourth-order valence-electron chi connectivity index (χ4n) is 3.35. The van der Waals surface area contributed by atoms with Gasteiger partial charge in [-0.2, -0.15) is 18.2 Å². The summed E-state index contributed by atoms with van der Waals surface area (Å²) < 4.78 is 74.2. The second-order valence-electron chi connectivity index (χ2n) is 7.46. The molecule has 8 nitrogen and oxygen atoms in total. The second kappa shape index (κ2) is 10.7. The molecule has 2 aromatic carbocycles. The minimum absolute atomic E-state index is 0.228. The number of rotatable bonds is 7. The number of aryl methyl sites for hydroxylation is 2. The number of anilines is 1. The Kier molecular flexibility index (Phi) is 8.04. The topological polar surface area (TPSA) is 120 Å². The van der Waals surface area contributed by atoms with E-state index in [-0.39, 0.29) is 21.0 Å². The van der Waals surface area contributed by atoms with E-state index in [2.05, 4.69) is 35.6 Å². The predicted molar refractivity (Wildman–Crippen MR) is 135 cm³/mol. The number of ether oxygens (including phenoxy) is 1. The Bertz CT molecular complexity index is 1440. The quantitative estimate of drug-likeness (QED) is 0.350. The van der Waals surface area contributed by atoms with E-state index in [0.717, 1.165) is 29.6 Å². The number of nitrogens with one attached hydrogen (secondary N) is 1. The van der Waals surface area contributed by atoms with Gasteiger partial charge in [0.25, 0.3) is 10.0 Å². The number of aromatic nitrogens is 2. The molecular formula is C23H21BrF3N5O3S. The molecule has 3 rings (SSSR count). The van der Waals surface area contributed by atoms with Gasteiger partial charge in [0.2, 0.25) is 11.8 Å². The number of benzene rings is 2. The molecule has 190 valence electrons. The number of hydrogen-bond acceptors (Lipinski definition) is 7. The highest BCUT2D eigenvalue weighted by molar-refractivity contribution is 9.10. The molecule has 3 N–H and O–H groups in total. The molecule has 36 heavy (non-hydrogen) atoms. The summed E-state index contributed by atoms with van der Waals surface area (Å²) >= 11 is 2.90. The van der Waals surface area contributed by atoms with Gasteiger partial charge in [-0.15, -0.1) is 0 Å². The zero-order valence-corrected chi connectivity index (χ0v) is 21.7. The Hall–Kier alpha value is -3.45. The van der Waals surface area contributed by atoms with Crippen LogP contribution in [0, 0.1) is 13.8 Å². The van der Waals surface area contributed by atoms with Gasteiger partial charge in [-0.1, -0.05) is 40.2 Å². The fraction of sp³-hybridized carbons (Fsp3) is 0.174. The zero-order chi connectivity index (χ0) is 26.7. The van der Waals surface area contributed by atoms with Crippen LogP contribution in [0.3, 0.4) is 0 Å². The van der Waals surface area contributed by atoms with Crippen LogP contribution in [0.1, 0.15) is 16.7 Å². The van der Waals surface area contributed by atoms with E-state index in [1.807, 2.05) is 32.0 Å². The number of nitrogens with zero attached hydrogens (tertiary/aromatic N) is 3. The molecule has 0 fully saturated rings. The Morgan fingerprint density at radius 1 is 1.14 bits per heavy atom. The van der Waals surface area contributed by atoms with Crippen LogP contribution in [0.2, 0.25) is 0 Å². The van der Waals surface area contributed by atoms with Crippen molar-refractivity contribution in [3.63, 3.8) is 0 Å². The number of hydrogen-bond donors (Lipinski definition) is 2. The summed E-state index contributed by atoms with van der Waals surface area (Å²) in [6.07, 6.45) is -2.88. The summed E-state index contributed by atoms with van der Waals surface area (Å²) in [6.45, 7) is 3.63. The van der Waals surface area contributed by atoms with Crippen molar-refractivity contribution in [2.45, 2.75) is 20.0 Å². The minimum atomic E-state index is -4.73. The summed E-state index contributed by atoms with van der Waals surface area (Å²) in [5.41, 5.74) is 6.84. The molecule has 0 unspecified atom stereocenters. The van der Waals surface area contributed by atoms with Crippen molar-refractivity contribution in [2.75, 3.05) is 11.8 Å². The van der Waals surface area contributed by atoms with Crippen LogP contribution < -0.4 is 15.2 Å². The van der Waals surface area contributed by atoms with Gasteiger partial charge in [-0.3, -0.25) is 4.99 Å². The average Bonchev–Trinajstić information content (AvgIpc) is 2.76. The second-order valence-corrected chi connectivity index (χ2v) is 9.99. The number of aliphatic imine (C=N–C) groups is 1. The fourth-order valence-corrected chi connectivity index (χ4v) is 4.80. The first-order chi connectivity index (χ1) is 16.9. The normalized spacial score (nSPS) is 12.7. The van der Waals surface area contributed by atoms with Gasteiger partial charge < -0.3 is 10.5 Å². The molecule has 1 heterocycles. The first-order valence-corrected chi connectivity index (χ1v) is 12.5. The zero-order valence-electron chi connectivity index (χ0n) is 19.3. The monoisotopic (exact) mass is 583 g/mol. The van der Waals surface area contributed by atoms with Gasteiger partial charge in [0.1, 0.15) is 16.2 Å². The van der Waals surface area contributed by atoms with Crippen molar-refractivity contribution in [2.24, 2.45) is 10.7 Å². The van der Waals surface area contributed by atoms with Crippen LogP contribution in [-0.2, 0) is 16.2 Å². The highest BCUT2D eigenvalue weighted by Crippen LogP contribution is 2.42. The number of alkyl halides is 3. The Morgan fingerprint density at radius 2 is 1.78 bits per heavy atom. The molecule has 0 saturated carbocycles. The van der Waals surface area contributed by atoms with Crippen LogP contribution in [0.25, 0.3) is 11.3 Å². The first kappa shape index (κ1) is 27.1. The maximum Gasteiger partial charge on any atom is 0.421 e. The molecule has 0 bridgehead atoms. The lowest BCUT2D eigenvalue weighted by atomic mass is 10.00. The maximum atomic E-state index is 13.7. The molecule has 0 atom stereocenters. The lowest BCUT2D eigenvalue weighted by Gasteiger charge is -2.16. The van der Waals surface area contributed by atoms with E-state index >= 15 is 0 Å². The molecule has 0 amide bonds. The maximum absolute atomic E-state index is 13.7. The van der Waals surface area contributed by atoms with E-state index in [1.165, 1.54) is 25.2 Å². The largest absolute Gasteiger partial charge is 0.438 e. The standard InChI is InChI=1S/C23H21BrF3N5O3S/c1-13-6-4-7-14(2)20(13)17-10-19(35-18-9-5-8-16(24)21(18)23(25,26)27)31-22(30-17)32-36(33,34)15(11-28)12-29-3/h4-12H,28H2,1-3H3,(H,30,31,32). The summed E-state index contributed by atoms with van der Waals surface area (Å²) in [5, 5.41) is 0. The number of halogens is 4. The molecule has 0 aliphatic rings. The van der Waals surface area contributed by atoms with E-state index in [9.17, 15) is 21.6 Å². The third kappa shape index (κ3) is 6.02. The molecule has 1 aromatic heterocycles. The molecule has 0 spiro atoms. The molecule has 0 aliphatic carbocycles. The highest BCUT2D eigenvalue weighted by atomic mass is 79.9. The lowest BCUT2D eigenvalue weighted by molar-refractivity contribution is -0.139. The van der Waals surface area contributed by atoms with Crippen LogP contribution in [0.5, 0.6) is 11.6 Å². The van der Waals surface area contributed by atoms with Gasteiger partial charge in [-0.25, -0.2) is 18.1 Å². The summed E-state index contributed by atoms with van der Waals surface area (Å²) in [7, 11) is -2.91. The number of allylic oxidation sites excluding steroid dienone is 1. The Morgan fingerprint density at radius 3 is 2.36 bits per heavy atom. The Labute approximate surface area is 214 Å². The molecule has 0 aliphatic heterocycles. The molecule has 0 radical (unpaired) electrons. The summed E-state index contributed by atoms with van der Waals surface area (Å²) in [4.78, 5) is 11.6. The highest BCUT2D eigenvalue weighted by Gasteiger charge is 2.37. The van der Waals surface area contributed by atoms with Crippen LogP contribution in [0.4, 0.5) is 19.1 Å². The smallest absolute Gasteiger partial charge is 0.421 e. The van der Waals surface area contributed by atoms with Gasteiger partial charge >= 0.3 is 6.18 Å². The van der Waals surface area contributed by atoms with Gasteiger partial charge in [0.15, 0.2) is 0 Å². The summed E-state index contributed by atoms with van der Waals surface area (Å²) in [5.74, 6) is -1.28.